The van der Waals surface area contributed by atoms with Gasteiger partial charge in [-0.25, -0.2) is 0 Å². The monoisotopic (exact) mass is 328 g/mol. The summed E-state index contributed by atoms with van der Waals surface area (Å²) in [7, 11) is 0. The molecule has 0 bridgehead atoms. The maximum atomic E-state index is 12.8. The van der Waals surface area contributed by atoms with Crippen molar-refractivity contribution in [3.63, 3.8) is 0 Å². The fraction of sp³-hybridized carbons (Fsp3) is 0.368. The van der Waals surface area contributed by atoms with Crippen molar-refractivity contribution in [1.82, 2.24) is 9.88 Å². The van der Waals surface area contributed by atoms with Gasteiger partial charge in [0.15, 0.2) is 6.10 Å². The topological polar surface area (TPSA) is 62.7 Å². The van der Waals surface area contributed by atoms with Crippen molar-refractivity contribution in [2.24, 2.45) is 0 Å². The maximum Gasteiger partial charge on any atom is 0.263 e. The molecule has 0 fully saturated rings. The summed E-state index contributed by atoms with van der Waals surface area (Å²) in [4.78, 5) is 18.7. The number of aliphatic hydroxyl groups excluding tert-OH is 1. The van der Waals surface area contributed by atoms with Gasteiger partial charge in [-0.2, -0.15) is 0 Å². The number of aliphatic hydroxyl groups is 1. The number of benzene rings is 1. The number of amides is 1. The number of carbonyl (C=O) groups is 1. The Labute approximate surface area is 142 Å². The molecule has 0 saturated carbocycles. The van der Waals surface area contributed by atoms with Gasteiger partial charge >= 0.3 is 0 Å². The quantitative estimate of drug-likeness (QED) is 0.849. The van der Waals surface area contributed by atoms with Gasteiger partial charge in [-0.1, -0.05) is 18.2 Å². The van der Waals surface area contributed by atoms with Crippen LogP contribution in [0.25, 0.3) is 0 Å². The molecule has 2 rings (SSSR count). The lowest BCUT2D eigenvalue weighted by molar-refractivity contribution is -0.140. The second kappa shape index (κ2) is 8.45. The second-order valence-corrected chi connectivity index (χ2v) is 5.65. The minimum absolute atomic E-state index is 0.0569. The number of carbonyl (C=O) groups excluding carboxylic acids is 1. The van der Waals surface area contributed by atoms with E-state index in [1.807, 2.05) is 32.0 Å². The molecular formula is C19H24N2O3. The summed E-state index contributed by atoms with van der Waals surface area (Å²) >= 11 is 0. The highest BCUT2D eigenvalue weighted by Crippen LogP contribution is 2.21. The first kappa shape index (κ1) is 17.9. The van der Waals surface area contributed by atoms with Gasteiger partial charge < -0.3 is 14.7 Å². The van der Waals surface area contributed by atoms with Crippen LogP contribution in [0.15, 0.2) is 48.8 Å². The summed E-state index contributed by atoms with van der Waals surface area (Å²) < 4.78 is 5.77. The number of pyridine rings is 1. The van der Waals surface area contributed by atoms with E-state index in [0.29, 0.717) is 12.3 Å². The molecule has 0 aliphatic carbocycles. The van der Waals surface area contributed by atoms with Crippen LogP contribution in [0.4, 0.5) is 0 Å². The van der Waals surface area contributed by atoms with Crippen molar-refractivity contribution in [3.8, 4) is 5.75 Å². The average molecular weight is 328 g/mol. The number of likely N-dealkylation sites (N-methyl/N-ethyl adjacent to an activating group) is 1. The van der Waals surface area contributed by atoms with Gasteiger partial charge in [0.1, 0.15) is 5.75 Å². The largest absolute Gasteiger partial charge is 0.481 e. The number of hydrogen-bond acceptors (Lipinski definition) is 4. The highest BCUT2D eigenvalue weighted by Gasteiger charge is 2.26. The Bertz CT molecular complexity index is 661. The van der Waals surface area contributed by atoms with Crippen molar-refractivity contribution < 1.29 is 14.6 Å². The smallest absolute Gasteiger partial charge is 0.263 e. The molecule has 0 spiro atoms. The molecule has 2 unspecified atom stereocenters. The summed E-state index contributed by atoms with van der Waals surface area (Å²) in [6.45, 7) is 6.20. The van der Waals surface area contributed by atoms with Gasteiger partial charge in [0.25, 0.3) is 5.91 Å². The molecule has 1 amide bonds. The van der Waals surface area contributed by atoms with Gasteiger partial charge in [-0.15, -0.1) is 0 Å². The standard InChI is InChI=1S/C19H24N2O3/c1-4-21(14(2)17-8-6-10-20-12-17)19(23)15(3)24-18-9-5-7-16(11-18)13-22/h5-12,14-15,22H,4,13H2,1-3H3. The van der Waals surface area contributed by atoms with Gasteiger partial charge in [-0.05, 0) is 50.1 Å². The van der Waals surface area contributed by atoms with Crippen LogP contribution in [0, 0.1) is 0 Å². The maximum absolute atomic E-state index is 12.8. The van der Waals surface area contributed by atoms with Crippen LogP contribution in [0.3, 0.4) is 0 Å². The first-order valence-electron chi connectivity index (χ1n) is 8.13. The Kier molecular flexibility index (Phi) is 6.32. The fourth-order valence-electron chi connectivity index (χ4n) is 2.63. The Morgan fingerprint density at radius 3 is 2.71 bits per heavy atom. The third kappa shape index (κ3) is 4.32. The number of hydrogen-bond donors (Lipinski definition) is 1. The number of ether oxygens (including phenoxy) is 1. The van der Waals surface area contributed by atoms with Crippen LogP contribution in [-0.4, -0.2) is 33.5 Å². The van der Waals surface area contributed by atoms with Crippen LogP contribution in [0.1, 0.15) is 37.9 Å². The molecule has 1 heterocycles. The Hall–Kier alpha value is -2.40. The fourth-order valence-corrected chi connectivity index (χ4v) is 2.63. The van der Waals surface area contributed by atoms with E-state index in [-0.39, 0.29) is 18.6 Å². The first-order chi connectivity index (χ1) is 11.6. The molecule has 1 aromatic heterocycles. The SMILES string of the molecule is CCN(C(=O)C(C)Oc1cccc(CO)c1)C(C)c1cccnc1. The van der Waals surface area contributed by atoms with Crippen LogP contribution >= 0.6 is 0 Å². The van der Waals surface area contributed by atoms with Crippen LogP contribution in [0.5, 0.6) is 5.75 Å². The lowest BCUT2D eigenvalue weighted by Crippen LogP contribution is -2.41. The molecule has 24 heavy (non-hydrogen) atoms. The van der Waals surface area contributed by atoms with E-state index < -0.39 is 6.10 Å². The van der Waals surface area contributed by atoms with E-state index in [1.54, 1.807) is 42.4 Å². The van der Waals surface area contributed by atoms with E-state index in [1.165, 1.54) is 0 Å². The summed E-state index contributed by atoms with van der Waals surface area (Å²) in [5.41, 5.74) is 1.74. The molecule has 128 valence electrons. The van der Waals surface area contributed by atoms with E-state index in [0.717, 1.165) is 11.1 Å². The zero-order valence-electron chi connectivity index (χ0n) is 14.3. The van der Waals surface area contributed by atoms with Gasteiger partial charge in [-0.3, -0.25) is 9.78 Å². The molecule has 0 radical (unpaired) electrons. The van der Waals surface area contributed by atoms with Gasteiger partial charge in [0.05, 0.1) is 12.6 Å². The molecule has 1 aromatic carbocycles. The summed E-state index contributed by atoms with van der Waals surface area (Å²) in [6, 6.07) is 10.9. The highest BCUT2D eigenvalue weighted by atomic mass is 16.5. The third-order valence-electron chi connectivity index (χ3n) is 4.00. The molecule has 2 atom stereocenters. The number of rotatable bonds is 7. The molecular weight excluding hydrogens is 304 g/mol. The van der Waals surface area contributed by atoms with E-state index in [4.69, 9.17) is 4.74 Å². The predicted octanol–water partition coefficient (Wildman–Crippen LogP) is 2.95. The number of nitrogens with zero attached hydrogens (tertiary/aromatic N) is 2. The molecule has 1 N–H and O–H groups in total. The van der Waals surface area contributed by atoms with E-state index >= 15 is 0 Å². The predicted molar refractivity (Wildman–Crippen MR) is 92.5 cm³/mol. The normalized spacial score (nSPS) is 13.2. The summed E-state index contributed by atoms with van der Waals surface area (Å²) in [5.74, 6) is 0.496. The van der Waals surface area contributed by atoms with Crippen molar-refractivity contribution in [3.05, 3.63) is 59.9 Å². The Morgan fingerprint density at radius 1 is 1.29 bits per heavy atom. The van der Waals surface area contributed by atoms with E-state index in [2.05, 4.69) is 4.98 Å². The van der Waals surface area contributed by atoms with Crippen LogP contribution < -0.4 is 4.74 Å². The Morgan fingerprint density at radius 2 is 2.08 bits per heavy atom. The summed E-state index contributed by atoms with van der Waals surface area (Å²) in [6.07, 6.45) is 2.88. The van der Waals surface area contributed by atoms with Crippen LogP contribution in [-0.2, 0) is 11.4 Å². The van der Waals surface area contributed by atoms with Crippen LogP contribution in [0.2, 0.25) is 0 Å². The Balaban J connectivity index is 2.09. The highest BCUT2D eigenvalue weighted by molar-refractivity contribution is 5.81. The van der Waals surface area contributed by atoms with Gasteiger partial charge in [0.2, 0.25) is 0 Å². The molecule has 0 saturated heterocycles. The summed E-state index contributed by atoms with van der Waals surface area (Å²) in [5, 5.41) is 9.19. The first-order valence-corrected chi connectivity index (χ1v) is 8.13. The third-order valence-corrected chi connectivity index (χ3v) is 4.00. The molecule has 0 aliphatic rings. The van der Waals surface area contributed by atoms with Crippen molar-refractivity contribution in [1.29, 1.82) is 0 Å². The molecule has 0 aliphatic heterocycles. The second-order valence-electron chi connectivity index (χ2n) is 5.65. The van der Waals surface area contributed by atoms with Crippen molar-refractivity contribution in [2.45, 2.75) is 39.5 Å². The lowest BCUT2D eigenvalue weighted by Gasteiger charge is -2.30. The van der Waals surface area contributed by atoms with Crippen molar-refractivity contribution >= 4 is 5.91 Å². The molecule has 5 nitrogen and oxygen atoms in total. The minimum Gasteiger partial charge on any atom is -0.481 e. The zero-order valence-corrected chi connectivity index (χ0v) is 14.3. The zero-order chi connectivity index (χ0) is 17.5. The lowest BCUT2D eigenvalue weighted by atomic mass is 10.1. The molecule has 2 aromatic rings. The number of aromatic nitrogens is 1. The average Bonchev–Trinajstić information content (AvgIpc) is 2.63. The van der Waals surface area contributed by atoms with Crippen molar-refractivity contribution in [2.75, 3.05) is 6.54 Å². The molecule has 5 heteroatoms. The minimum atomic E-state index is -0.613. The van der Waals surface area contributed by atoms with E-state index in [9.17, 15) is 9.90 Å². The van der Waals surface area contributed by atoms with Gasteiger partial charge in [0, 0.05) is 18.9 Å².